The Labute approximate surface area is 180 Å². The van der Waals surface area contributed by atoms with Crippen molar-refractivity contribution in [1.29, 1.82) is 0 Å². The molecular weight excluding hydrogens is 398 g/mol. The number of aryl methyl sites for hydroxylation is 2. The Hall–Kier alpha value is -2.83. The first-order valence-corrected chi connectivity index (χ1v) is 11.1. The van der Waals surface area contributed by atoms with Gasteiger partial charge in [0.25, 0.3) is 5.91 Å². The largest absolute Gasteiger partial charge is 0.481 e. The van der Waals surface area contributed by atoms with Crippen molar-refractivity contribution in [2.24, 2.45) is 11.8 Å². The summed E-state index contributed by atoms with van der Waals surface area (Å²) < 4.78 is 11.6. The quantitative estimate of drug-likeness (QED) is 0.685. The number of carbonyl (C=O) groups is 2. The van der Waals surface area contributed by atoms with E-state index in [1.54, 1.807) is 6.92 Å². The van der Waals surface area contributed by atoms with Crippen molar-refractivity contribution in [3.05, 3.63) is 39.2 Å². The lowest BCUT2D eigenvalue weighted by Gasteiger charge is -2.26. The van der Waals surface area contributed by atoms with E-state index in [1.165, 1.54) is 0 Å². The normalized spacial score (nSPS) is 21.5. The molecule has 0 saturated heterocycles. The SMILES string of the molecule is Cc1cc(O[C@@H](C)C(=O)NCC2CCC(C(=O)O)CC2)c2c3c(c(=O)oc2c1)CCC3. The second kappa shape index (κ2) is 8.73. The topological polar surface area (TPSA) is 106 Å². The Morgan fingerprint density at radius 1 is 1.19 bits per heavy atom. The van der Waals surface area contributed by atoms with Gasteiger partial charge in [0.1, 0.15) is 11.3 Å². The van der Waals surface area contributed by atoms with Crippen LogP contribution in [0.15, 0.2) is 21.3 Å². The molecule has 1 aromatic carbocycles. The highest BCUT2D eigenvalue weighted by molar-refractivity contribution is 5.89. The van der Waals surface area contributed by atoms with Gasteiger partial charge in [-0.05, 0) is 88.0 Å². The minimum atomic E-state index is -0.725. The number of ether oxygens (including phenoxy) is 1. The molecule has 0 bridgehead atoms. The van der Waals surface area contributed by atoms with Gasteiger partial charge in [-0.3, -0.25) is 9.59 Å². The Kier molecular flexibility index (Phi) is 6.03. The van der Waals surface area contributed by atoms with Crippen LogP contribution < -0.4 is 15.7 Å². The highest BCUT2D eigenvalue weighted by Crippen LogP contribution is 2.35. The molecule has 4 rings (SSSR count). The number of fused-ring (bicyclic) bond motifs is 3. The van der Waals surface area contributed by atoms with Crippen LogP contribution >= 0.6 is 0 Å². The lowest BCUT2D eigenvalue weighted by atomic mass is 9.82. The van der Waals surface area contributed by atoms with Crippen LogP contribution in [-0.2, 0) is 22.4 Å². The van der Waals surface area contributed by atoms with Gasteiger partial charge in [-0.15, -0.1) is 0 Å². The van der Waals surface area contributed by atoms with Gasteiger partial charge in [0.05, 0.1) is 11.3 Å². The maximum absolute atomic E-state index is 12.7. The summed E-state index contributed by atoms with van der Waals surface area (Å²) in [6.45, 7) is 4.14. The number of hydrogen-bond acceptors (Lipinski definition) is 5. The van der Waals surface area contributed by atoms with Gasteiger partial charge in [-0.2, -0.15) is 0 Å². The molecule has 0 unspecified atom stereocenters. The number of amides is 1. The molecule has 1 atom stereocenters. The van der Waals surface area contributed by atoms with E-state index in [1.807, 2.05) is 19.1 Å². The van der Waals surface area contributed by atoms with E-state index < -0.39 is 12.1 Å². The fourth-order valence-corrected chi connectivity index (χ4v) is 4.84. The third-order valence-electron chi connectivity index (χ3n) is 6.61. The van der Waals surface area contributed by atoms with Gasteiger partial charge >= 0.3 is 11.6 Å². The van der Waals surface area contributed by atoms with E-state index in [2.05, 4.69) is 5.32 Å². The van der Waals surface area contributed by atoms with Crippen LogP contribution in [0.4, 0.5) is 0 Å². The average Bonchev–Trinajstić information content (AvgIpc) is 3.22. The lowest BCUT2D eigenvalue weighted by Crippen LogP contribution is -2.39. The molecule has 0 spiro atoms. The molecule has 1 fully saturated rings. The Morgan fingerprint density at radius 2 is 1.90 bits per heavy atom. The van der Waals surface area contributed by atoms with Crippen molar-refractivity contribution in [1.82, 2.24) is 5.32 Å². The first-order chi connectivity index (χ1) is 14.8. The number of carbonyl (C=O) groups excluding carboxylic acids is 1. The summed E-state index contributed by atoms with van der Waals surface area (Å²) in [5, 5.41) is 12.9. The average molecular weight is 427 g/mol. The first-order valence-electron chi connectivity index (χ1n) is 11.1. The molecule has 2 aromatic rings. The number of benzene rings is 1. The van der Waals surface area contributed by atoms with Crippen LogP contribution in [0.25, 0.3) is 11.0 Å². The second-order valence-corrected chi connectivity index (χ2v) is 8.90. The molecule has 1 amide bonds. The third-order valence-corrected chi connectivity index (χ3v) is 6.61. The van der Waals surface area contributed by atoms with Crippen LogP contribution in [0.5, 0.6) is 5.75 Å². The van der Waals surface area contributed by atoms with Crippen LogP contribution in [0.1, 0.15) is 55.7 Å². The molecule has 2 aliphatic carbocycles. The Balaban J connectivity index is 1.44. The smallest absolute Gasteiger partial charge is 0.339 e. The molecule has 1 saturated carbocycles. The van der Waals surface area contributed by atoms with Crippen LogP contribution in [-0.4, -0.2) is 29.6 Å². The summed E-state index contributed by atoms with van der Waals surface area (Å²) in [5.74, 6) is -0.322. The van der Waals surface area contributed by atoms with E-state index in [0.29, 0.717) is 43.1 Å². The van der Waals surface area contributed by atoms with E-state index in [9.17, 15) is 14.4 Å². The van der Waals surface area contributed by atoms with Crippen LogP contribution in [0, 0.1) is 18.8 Å². The van der Waals surface area contributed by atoms with Crippen molar-refractivity contribution in [2.75, 3.05) is 6.54 Å². The molecule has 2 aliphatic rings. The molecular formula is C24H29NO6. The second-order valence-electron chi connectivity index (χ2n) is 8.90. The van der Waals surface area contributed by atoms with Crippen LogP contribution in [0.2, 0.25) is 0 Å². The standard InChI is InChI=1S/C24H29NO6/c1-13-10-19(21-17-4-3-5-18(17)24(29)31-20(21)11-13)30-14(2)22(26)25-12-15-6-8-16(9-7-15)23(27)28/h10-11,14-16H,3-9,12H2,1-2H3,(H,25,26)(H,27,28)/t14-,15?,16?/m0/s1. The molecule has 7 heteroatoms. The minimum absolute atomic E-state index is 0.205. The van der Waals surface area contributed by atoms with Crippen LogP contribution in [0.3, 0.4) is 0 Å². The fraction of sp³-hybridized carbons (Fsp3) is 0.542. The van der Waals surface area contributed by atoms with Gasteiger partial charge < -0.3 is 19.6 Å². The van der Waals surface area contributed by atoms with Crippen molar-refractivity contribution in [3.63, 3.8) is 0 Å². The summed E-state index contributed by atoms with van der Waals surface area (Å²) in [4.78, 5) is 36.0. The molecule has 2 N–H and O–H groups in total. The monoisotopic (exact) mass is 427 g/mol. The Bertz CT molecular complexity index is 1060. The van der Waals surface area contributed by atoms with E-state index >= 15 is 0 Å². The maximum atomic E-state index is 12.7. The number of rotatable bonds is 6. The number of aliphatic carboxylic acids is 1. The van der Waals surface area contributed by atoms with Gasteiger partial charge in [0.15, 0.2) is 6.10 Å². The summed E-state index contributed by atoms with van der Waals surface area (Å²) in [5.41, 5.74) is 2.81. The lowest BCUT2D eigenvalue weighted by molar-refractivity contribution is -0.143. The fourth-order valence-electron chi connectivity index (χ4n) is 4.84. The molecule has 0 aliphatic heterocycles. The highest BCUT2D eigenvalue weighted by Gasteiger charge is 2.27. The Morgan fingerprint density at radius 3 is 2.61 bits per heavy atom. The minimum Gasteiger partial charge on any atom is -0.481 e. The number of nitrogens with one attached hydrogen (secondary N) is 1. The van der Waals surface area contributed by atoms with E-state index in [0.717, 1.165) is 47.8 Å². The molecule has 166 valence electrons. The molecule has 31 heavy (non-hydrogen) atoms. The summed E-state index contributed by atoms with van der Waals surface area (Å²) in [7, 11) is 0. The third kappa shape index (κ3) is 4.45. The molecule has 7 nitrogen and oxygen atoms in total. The predicted molar refractivity (Wildman–Crippen MR) is 115 cm³/mol. The number of hydrogen-bond donors (Lipinski definition) is 2. The molecule has 1 heterocycles. The first kappa shape index (κ1) is 21.4. The zero-order valence-electron chi connectivity index (χ0n) is 18.0. The van der Waals surface area contributed by atoms with Gasteiger partial charge in [0.2, 0.25) is 0 Å². The van der Waals surface area contributed by atoms with Crippen molar-refractivity contribution in [3.8, 4) is 5.75 Å². The molecule has 0 radical (unpaired) electrons. The summed E-state index contributed by atoms with van der Waals surface area (Å²) >= 11 is 0. The molecule has 1 aromatic heterocycles. The number of carboxylic acids is 1. The zero-order valence-corrected chi connectivity index (χ0v) is 18.0. The van der Waals surface area contributed by atoms with Crippen molar-refractivity contribution >= 4 is 22.8 Å². The zero-order chi connectivity index (χ0) is 22.1. The van der Waals surface area contributed by atoms with E-state index in [4.69, 9.17) is 14.3 Å². The van der Waals surface area contributed by atoms with E-state index in [-0.39, 0.29) is 17.5 Å². The highest BCUT2D eigenvalue weighted by atomic mass is 16.5. The number of carboxylic acid groups (broad SMARTS) is 1. The van der Waals surface area contributed by atoms with Gasteiger partial charge in [0, 0.05) is 12.1 Å². The van der Waals surface area contributed by atoms with Gasteiger partial charge in [-0.1, -0.05) is 0 Å². The maximum Gasteiger partial charge on any atom is 0.339 e. The van der Waals surface area contributed by atoms with Crippen molar-refractivity contribution in [2.45, 2.75) is 64.9 Å². The van der Waals surface area contributed by atoms with Crippen molar-refractivity contribution < 1.29 is 23.8 Å². The predicted octanol–water partition coefficient (Wildman–Crippen LogP) is 3.36. The van der Waals surface area contributed by atoms with Gasteiger partial charge in [-0.25, -0.2) is 4.79 Å². The summed E-state index contributed by atoms with van der Waals surface area (Å²) in [6, 6.07) is 3.72. The summed E-state index contributed by atoms with van der Waals surface area (Å²) in [6.07, 6.45) is 4.65.